The van der Waals surface area contributed by atoms with Crippen LogP contribution in [0, 0.1) is 13.8 Å². The molecule has 3 heteroatoms. The van der Waals surface area contributed by atoms with E-state index in [0.717, 1.165) is 17.1 Å². The molecule has 2 nitrogen and oxygen atoms in total. The zero-order valence-electron chi connectivity index (χ0n) is 8.13. The van der Waals surface area contributed by atoms with Crippen molar-refractivity contribution >= 4 is 11.6 Å². The van der Waals surface area contributed by atoms with Crippen molar-refractivity contribution in [3.8, 4) is 11.3 Å². The number of hydrogen-bond acceptors (Lipinski definition) is 1. The zero-order chi connectivity index (χ0) is 10.1. The van der Waals surface area contributed by atoms with Crippen LogP contribution in [0.15, 0.2) is 24.3 Å². The maximum absolute atomic E-state index is 6.01. The second kappa shape index (κ2) is 3.46. The van der Waals surface area contributed by atoms with Gasteiger partial charge >= 0.3 is 0 Å². The molecule has 0 fully saturated rings. The molecule has 0 atom stereocenters. The smallest absolute Gasteiger partial charge is 0.134 e. The van der Waals surface area contributed by atoms with E-state index in [0.29, 0.717) is 5.15 Å². The van der Waals surface area contributed by atoms with Crippen LogP contribution in [-0.4, -0.2) is 9.97 Å². The molecule has 0 radical (unpaired) electrons. The Morgan fingerprint density at radius 3 is 2.64 bits per heavy atom. The predicted molar refractivity (Wildman–Crippen MR) is 58.5 cm³/mol. The minimum Gasteiger partial charge on any atom is -0.333 e. The average Bonchev–Trinajstić information content (AvgIpc) is 2.45. The molecule has 1 heterocycles. The molecule has 14 heavy (non-hydrogen) atoms. The molecule has 2 aromatic rings. The first-order chi connectivity index (χ1) is 6.66. The van der Waals surface area contributed by atoms with Crippen LogP contribution in [0.4, 0.5) is 0 Å². The lowest BCUT2D eigenvalue weighted by Gasteiger charge is -1.98. The Labute approximate surface area is 88.0 Å². The van der Waals surface area contributed by atoms with E-state index in [9.17, 15) is 0 Å². The number of H-pyrrole nitrogens is 1. The van der Waals surface area contributed by atoms with Crippen molar-refractivity contribution in [2.24, 2.45) is 0 Å². The third-order valence-electron chi connectivity index (χ3n) is 2.07. The van der Waals surface area contributed by atoms with Gasteiger partial charge in [-0.1, -0.05) is 35.4 Å². The molecular weight excluding hydrogens is 196 g/mol. The summed E-state index contributed by atoms with van der Waals surface area (Å²) in [5.74, 6) is 0.839. The van der Waals surface area contributed by atoms with Crippen LogP contribution in [0.2, 0.25) is 5.15 Å². The topological polar surface area (TPSA) is 28.7 Å². The number of rotatable bonds is 1. The zero-order valence-corrected chi connectivity index (χ0v) is 8.89. The number of benzene rings is 1. The van der Waals surface area contributed by atoms with Gasteiger partial charge in [0.25, 0.3) is 0 Å². The monoisotopic (exact) mass is 206 g/mol. The molecule has 1 N–H and O–H groups in total. The molecule has 1 aromatic carbocycles. The summed E-state index contributed by atoms with van der Waals surface area (Å²) < 4.78 is 0. The third kappa shape index (κ3) is 1.66. The van der Waals surface area contributed by atoms with Crippen LogP contribution < -0.4 is 0 Å². The molecule has 0 saturated heterocycles. The van der Waals surface area contributed by atoms with E-state index in [4.69, 9.17) is 11.6 Å². The second-order valence-corrected chi connectivity index (χ2v) is 3.73. The normalized spacial score (nSPS) is 10.5. The first-order valence-electron chi connectivity index (χ1n) is 4.46. The van der Waals surface area contributed by atoms with Crippen molar-refractivity contribution < 1.29 is 0 Å². The maximum atomic E-state index is 6.01. The van der Waals surface area contributed by atoms with Crippen LogP contribution in [0.3, 0.4) is 0 Å². The Hall–Kier alpha value is -1.28. The lowest BCUT2D eigenvalue weighted by atomic mass is 10.1. The highest BCUT2D eigenvalue weighted by Crippen LogP contribution is 2.25. The van der Waals surface area contributed by atoms with Gasteiger partial charge in [-0.2, -0.15) is 0 Å². The summed E-state index contributed by atoms with van der Waals surface area (Å²) in [6.07, 6.45) is 0. The van der Waals surface area contributed by atoms with Gasteiger partial charge in [0.1, 0.15) is 16.7 Å². The van der Waals surface area contributed by atoms with Gasteiger partial charge in [-0.25, -0.2) is 4.98 Å². The number of nitrogens with one attached hydrogen (secondary N) is 1. The number of hydrogen-bond donors (Lipinski definition) is 1. The summed E-state index contributed by atoms with van der Waals surface area (Å²) in [6.45, 7) is 3.95. The first-order valence-corrected chi connectivity index (χ1v) is 4.84. The Kier molecular flexibility index (Phi) is 2.30. The molecule has 1 aromatic heterocycles. The van der Waals surface area contributed by atoms with Crippen LogP contribution in [0.25, 0.3) is 11.3 Å². The van der Waals surface area contributed by atoms with Gasteiger partial charge in [0.2, 0.25) is 0 Å². The van der Waals surface area contributed by atoms with Crippen LogP contribution in [-0.2, 0) is 0 Å². The van der Waals surface area contributed by atoms with Crippen LogP contribution in [0.5, 0.6) is 0 Å². The molecule has 2 rings (SSSR count). The molecule has 0 bridgehead atoms. The van der Waals surface area contributed by atoms with Gasteiger partial charge < -0.3 is 4.98 Å². The molecule has 0 spiro atoms. The lowest BCUT2D eigenvalue weighted by Crippen LogP contribution is -1.80. The van der Waals surface area contributed by atoms with Crippen molar-refractivity contribution in [3.05, 3.63) is 40.8 Å². The van der Waals surface area contributed by atoms with Gasteiger partial charge in [0.15, 0.2) is 0 Å². The fourth-order valence-electron chi connectivity index (χ4n) is 1.45. The average molecular weight is 207 g/mol. The van der Waals surface area contributed by atoms with E-state index in [2.05, 4.69) is 29.0 Å². The number of aromatic nitrogens is 2. The van der Waals surface area contributed by atoms with Crippen LogP contribution >= 0.6 is 11.6 Å². The van der Waals surface area contributed by atoms with Crippen molar-refractivity contribution in [1.82, 2.24) is 9.97 Å². The Morgan fingerprint density at radius 1 is 1.29 bits per heavy atom. The fraction of sp³-hybridized carbons (Fsp3) is 0.182. The molecular formula is C11H11ClN2. The largest absolute Gasteiger partial charge is 0.333 e. The quantitative estimate of drug-likeness (QED) is 0.762. The van der Waals surface area contributed by atoms with Crippen molar-refractivity contribution in [2.75, 3.05) is 0 Å². The van der Waals surface area contributed by atoms with E-state index in [1.54, 1.807) is 0 Å². The van der Waals surface area contributed by atoms with Gasteiger partial charge in [0, 0.05) is 5.56 Å². The molecule has 0 aliphatic rings. The summed E-state index contributed by atoms with van der Waals surface area (Å²) in [4.78, 5) is 7.31. The molecule has 0 aliphatic carbocycles. The van der Waals surface area contributed by atoms with Crippen molar-refractivity contribution in [2.45, 2.75) is 13.8 Å². The van der Waals surface area contributed by atoms with E-state index < -0.39 is 0 Å². The van der Waals surface area contributed by atoms with Gasteiger partial charge in [0.05, 0.1) is 0 Å². The Bertz CT molecular complexity index is 460. The van der Waals surface area contributed by atoms with Gasteiger partial charge in [-0.15, -0.1) is 0 Å². The molecule has 72 valence electrons. The predicted octanol–water partition coefficient (Wildman–Crippen LogP) is 3.35. The lowest BCUT2D eigenvalue weighted by molar-refractivity contribution is 1.15. The molecule has 0 saturated carbocycles. The van der Waals surface area contributed by atoms with E-state index in [1.165, 1.54) is 5.56 Å². The SMILES string of the molecule is Cc1cccc(-c2nc(C)[nH]c2Cl)c1. The number of aromatic amines is 1. The van der Waals surface area contributed by atoms with Gasteiger partial charge in [-0.3, -0.25) is 0 Å². The highest BCUT2D eigenvalue weighted by molar-refractivity contribution is 6.31. The van der Waals surface area contributed by atoms with E-state index >= 15 is 0 Å². The molecule has 0 amide bonds. The fourth-order valence-corrected chi connectivity index (χ4v) is 1.73. The minimum absolute atomic E-state index is 0.605. The third-order valence-corrected chi connectivity index (χ3v) is 2.34. The first kappa shape index (κ1) is 9.28. The molecule has 0 unspecified atom stereocenters. The summed E-state index contributed by atoms with van der Waals surface area (Å²) in [7, 11) is 0. The number of imidazole rings is 1. The Balaban J connectivity index is 2.54. The second-order valence-electron chi connectivity index (χ2n) is 3.35. The van der Waals surface area contributed by atoms with Gasteiger partial charge in [-0.05, 0) is 19.9 Å². The Morgan fingerprint density at radius 2 is 2.07 bits per heavy atom. The summed E-state index contributed by atoms with van der Waals surface area (Å²) in [5.41, 5.74) is 3.09. The number of halogens is 1. The molecule has 0 aliphatic heterocycles. The number of aryl methyl sites for hydroxylation is 2. The summed E-state index contributed by atoms with van der Waals surface area (Å²) in [6, 6.07) is 8.14. The van der Waals surface area contributed by atoms with E-state index in [1.807, 2.05) is 19.1 Å². The van der Waals surface area contributed by atoms with Crippen molar-refractivity contribution in [3.63, 3.8) is 0 Å². The number of nitrogens with zero attached hydrogens (tertiary/aromatic N) is 1. The minimum atomic E-state index is 0.605. The highest BCUT2D eigenvalue weighted by atomic mass is 35.5. The maximum Gasteiger partial charge on any atom is 0.134 e. The van der Waals surface area contributed by atoms with Crippen LogP contribution in [0.1, 0.15) is 11.4 Å². The standard InChI is InChI=1S/C11H11ClN2/c1-7-4-3-5-9(6-7)10-11(12)14-8(2)13-10/h3-6H,1-2H3,(H,13,14). The summed E-state index contributed by atoms with van der Waals surface area (Å²) in [5, 5.41) is 0.605. The summed E-state index contributed by atoms with van der Waals surface area (Å²) >= 11 is 6.01. The highest BCUT2D eigenvalue weighted by Gasteiger charge is 2.07. The van der Waals surface area contributed by atoms with Crippen molar-refractivity contribution in [1.29, 1.82) is 0 Å². The van der Waals surface area contributed by atoms with E-state index in [-0.39, 0.29) is 0 Å².